The molecule has 12 heavy (non-hydrogen) atoms. The van der Waals surface area contributed by atoms with Crippen molar-refractivity contribution in [3.63, 3.8) is 0 Å². The maximum atomic E-state index is 11.0. The molecule has 1 aromatic rings. The third-order valence-electron chi connectivity index (χ3n) is 1.82. The fourth-order valence-electron chi connectivity index (χ4n) is 0.769. The van der Waals surface area contributed by atoms with Crippen molar-refractivity contribution in [1.29, 1.82) is 0 Å². The molecule has 1 aromatic heterocycles. The van der Waals surface area contributed by atoms with Gasteiger partial charge in [-0.3, -0.25) is 4.79 Å². The topological polar surface area (TPSA) is 37.3 Å². The standard InChI is InChI=1S/C8H9ClO2S/c1-5(10)8(2,11)6-3-7(9)12-4-6/h3-4,11H,1-2H3. The number of hydrogen-bond acceptors (Lipinski definition) is 3. The second-order valence-corrected chi connectivity index (χ2v) is 4.31. The van der Waals surface area contributed by atoms with Gasteiger partial charge in [-0.25, -0.2) is 0 Å². The molecule has 0 fully saturated rings. The van der Waals surface area contributed by atoms with Gasteiger partial charge >= 0.3 is 0 Å². The summed E-state index contributed by atoms with van der Waals surface area (Å²) in [6.07, 6.45) is 0. The Labute approximate surface area is 79.8 Å². The quantitative estimate of drug-likeness (QED) is 0.802. The Balaban J connectivity index is 3.05. The first-order valence-corrected chi connectivity index (χ1v) is 4.68. The van der Waals surface area contributed by atoms with Gasteiger partial charge in [-0.2, -0.15) is 0 Å². The van der Waals surface area contributed by atoms with Crippen molar-refractivity contribution >= 4 is 28.7 Å². The summed E-state index contributed by atoms with van der Waals surface area (Å²) in [5.74, 6) is -0.281. The molecule has 66 valence electrons. The van der Waals surface area contributed by atoms with Crippen LogP contribution in [0.15, 0.2) is 11.4 Å². The van der Waals surface area contributed by atoms with Crippen molar-refractivity contribution in [2.75, 3.05) is 0 Å². The molecule has 0 amide bonds. The summed E-state index contributed by atoms with van der Waals surface area (Å²) in [7, 11) is 0. The van der Waals surface area contributed by atoms with Gasteiger partial charge in [0.1, 0.15) is 5.60 Å². The zero-order chi connectivity index (χ0) is 9.35. The van der Waals surface area contributed by atoms with Gasteiger partial charge in [-0.1, -0.05) is 11.6 Å². The average molecular weight is 205 g/mol. The van der Waals surface area contributed by atoms with E-state index in [0.29, 0.717) is 9.90 Å². The third kappa shape index (κ3) is 1.68. The Morgan fingerprint density at radius 3 is 2.67 bits per heavy atom. The molecule has 4 heteroatoms. The maximum absolute atomic E-state index is 11.0. The van der Waals surface area contributed by atoms with Crippen molar-refractivity contribution < 1.29 is 9.90 Å². The van der Waals surface area contributed by atoms with Crippen LogP contribution >= 0.6 is 22.9 Å². The van der Waals surface area contributed by atoms with Gasteiger partial charge in [0, 0.05) is 5.56 Å². The fourth-order valence-corrected chi connectivity index (χ4v) is 1.75. The maximum Gasteiger partial charge on any atom is 0.165 e. The second-order valence-electron chi connectivity index (χ2n) is 2.77. The number of Topliss-reactive ketones (excluding diaryl/α,β-unsaturated/α-hetero) is 1. The first-order valence-electron chi connectivity index (χ1n) is 3.42. The molecule has 1 unspecified atom stereocenters. The number of aliphatic hydroxyl groups is 1. The smallest absolute Gasteiger partial charge is 0.165 e. The van der Waals surface area contributed by atoms with Crippen molar-refractivity contribution in [3.05, 3.63) is 21.3 Å². The number of thiophene rings is 1. The molecular formula is C8H9ClO2S. The van der Waals surface area contributed by atoms with Crippen molar-refractivity contribution in [1.82, 2.24) is 0 Å². The van der Waals surface area contributed by atoms with Crippen LogP contribution in [0, 0.1) is 0 Å². The van der Waals surface area contributed by atoms with Gasteiger partial charge in [0.15, 0.2) is 5.78 Å². The van der Waals surface area contributed by atoms with E-state index in [-0.39, 0.29) is 5.78 Å². The molecule has 0 aromatic carbocycles. The molecule has 1 atom stereocenters. The molecular weight excluding hydrogens is 196 g/mol. The van der Waals surface area contributed by atoms with Crippen LogP contribution in [0.2, 0.25) is 4.34 Å². The lowest BCUT2D eigenvalue weighted by atomic mass is 9.95. The second kappa shape index (κ2) is 3.17. The minimum Gasteiger partial charge on any atom is -0.378 e. The summed E-state index contributed by atoms with van der Waals surface area (Å²) < 4.78 is 0.575. The molecule has 0 saturated carbocycles. The van der Waals surface area contributed by atoms with Crippen LogP contribution in [-0.2, 0) is 10.4 Å². The van der Waals surface area contributed by atoms with Gasteiger partial charge in [-0.15, -0.1) is 11.3 Å². The highest BCUT2D eigenvalue weighted by molar-refractivity contribution is 7.14. The number of carbonyl (C=O) groups excluding carboxylic acids is 1. The highest BCUT2D eigenvalue weighted by Gasteiger charge is 2.29. The van der Waals surface area contributed by atoms with E-state index in [4.69, 9.17) is 11.6 Å². The van der Waals surface area contributed by atoms with E-state index in [1.54, 1.807) is 11.4 Å². The molecule has 1 heterocycles. The van der Waals surface area contributed by atoms with Crippen LogP contribution in [0.5, 0.6) is 0 Å². The Hall–Kier alpha value is -0.380. The zero-order valence-electron chi connectivity index (χ0n) is 6.80. The summed E-state index contributed by atoms with van der Waals surface area (Å²) in [5, 5.41) is 11.4. The normalized spacial score (nSPS) is 15.7. The van der Waals surface area contributed by atoms with Crippen molar-refractivity contribution in [2.24, 2.45) is 0 Å². The van der Waals surface area contributed by atoms with Gasteiger partial charge in [0.2, 0.25) is 0 Å². The molecule has 0 aliphatic rings. The molecule has 0 saturated heterocycles. The minimum atomic E-state index is -1.40. The predicted octanol–water partition coefficient (Wildman–Crippen LogP) is 2.20. The number of halogens is 1. The Bertz CT molecular complexity index is 304. The van der Waals surface area contributed by atoms with E-state index < -0.39 is 5.60 Å². The summed E-state index contributed by atoms with van der Waals surface area (Å²) in [4.78, 5) is 11.0. The fraction of sp³-hybridized carbons (Fsp3) is 0.375. The monoisotopic (exact) mass is 204 g/mol. The number of hydrogen-bond donors (Lipinski definition) is 1. The van der Waals surface area contributed by atoms with E-state index in [1.807, 2.05) is 0 Å². The molecule has 2 nitrogen and oxygen atoms in total. The van der Waals surface area contributed by atoms with Gasteiger partial charge < -0.3 is 5.11 Å². The highest BCUT2D eigenvalue weighted by atomic mass is 35.5. The van der Waals surface area contributed by atoms with E-state index in [9.17, 15) is 9.90 Å². The number of ketones is 1. The van der Waals surface area contributed by atoms with Crippen molar-refractivity contribution in [2.45, 2.75) is 19.4 Å². The first kappa shape index (κ1) is 9.71. The summed E-state index contributed by atoms with van der Waals surface area (Å²) >= 11 is 6.97. The largest absolute Gasteiger partial charge is 0.378 e. The van der Waals surface area contributed by atoms with Crippen LogP contribution in [0.3, 0.4) is 0 Å². The third-order valence-corrected chi connectivity index (χ3v) is 2.91. The molecule has 0 spiro atoms. The van der Waals surface area contributed by atoms with E-state index in [2.05, 4.69) is 0 Å². The lowest BCUT2D eigenvalue weighted by Crippen LogP contribution is -2.29. The van der Waals surface area contributed by atoms with Crippen LogP contribution in [0.25, 0.3) is 0 Å². The van der Waals surface area contributed by atoms with E-state index in [1.165, 1.54) is 25.2 Å². The predicted molar refractivity (Wildman–Crippen MR) is 49.6 cm³/mol. The van der Waals surface area contributed by atoms with Crippen LogP contribution in [0.4, 0.5) is 0 Å². The Kier molecular flexibility index (Phi) is 2.56. The van der Waals surface area contributed by atoms with Gasteiger partial charge in [0.25, 0.3) is 0 Å². The Morgan fingerprint density at radius 2 is 2.33 bits per heavy atom. The SMILES string of the molecule is CC(=O)C(C)(O)c1csc(Cl)c1. The summed E-state index contributed by atoms with van der Waals surface area (Å²) in [6.45, 7) is 2.82. The molecule has 0 bridgehead atoms. The van der Waals surface area contributed by atoms with Crippen LogP contribution < -0.4 is 0 Å². The number of rotatable bonds is 2. The van der Waals surface area contributed by atoms with Crippen LogP contribution in [-0.4, -0.2) is 10.9 Å². The molecule has 1 N–H and O–H groups in total. The molecule has 0 aliphatic carbocycles. The summed E-state index contributed by atoms with van der Waals surface area (Å²) in [5.41, 5.74) is -0.839. The minimum absolute atomic E-state index is 0.281. The lowest BCUT2D eigenvalue weighted by molar-refractivity contribution is -0.134. The zero-order valence-corrected chi connectivity index (χ0v) is 8.37. The van der Waals surface area contributed by atoms with Crippen LogP contribution in [0.1, 0.15) is 19.4 Å². The average Bonchev–Trinajstić information content (AvgIpc) is 2.35. The summed E-state index contributed by atoms with van der Waals surface area (Å²) in [6, 6.07) is 1.60. The number of carbonyl (C=O) groups is 1. The van der Waals surface area contributed by atoms with Gasteiger partial charge in [-0.05, 0) is 25.3 Å². The van der Waals surface area contributed by atoms with E-state index >= 15 is 0 Å². The molecule has 1 rings (SSSR count). The Morgan fingerprint density at radius 1 is 1.75 bits per heavy atom. The molecule has 0 aliphatic heterocycles. The molecule has 0 radical (unpaired) electrons. The first-order chi connectivity index (χ1) is 5.44. The highest BCUT2D eigenvalue weighted by Crippen LogP contribution is 2.29. The van der Waals surface area contributed by atoms with Gasteiger partial charge in [0.05, 0.1) is 4.34 Å². The van der Waals surface area contributed by atoms with Crippen molar-refractivity contribution in [3.8, 4) is 0 Å². The lowest BCUT2D eigenvalue weighted by Gasteiger charge is -2.17. The van der Waals surface area contributed by atoms with E-state index in [0.717, 1.165) is 0 Å².